The number of anilines is 3. The fraction of sp³-hybridized carbons (Fsp3) is 0.263. The predicted octanol–water partition coefficient (Wildman–Crippen LogP) is 2.97. The van der Waals surface area contributed by atoms with Gasteiger partial charge in [0.05, 0.1) is 10.6 Å². The summed E-state index contributed by atoms with van der Waals surface area (Å²) in [6.45, 7) is 3.33. The lowest BCUT2D eigenvalue weighted by atomic mass is 10.1. The average Bonchev–Trinajstić information content (AvgIpc) is 3.38. The smallest absolute Gasteiger partial charge is 0.253 e. The maximum absolute atomic E-state index is 12.6. The Morgan fingerprint density at radius 2 is 1.86 bits per heavy atom. The number of thiophene rings is 1. The van der Waals surface area contributed by atoms with Gasteiger partial charge in [0.1, 0.15) is 0 Å². The predicted molar refractivity (Wildman–Crippen MR) is 116 cm³/mol. The third kappa shape index (κ3) is 4.61. The van der Waals surface area contributed by atoms with Crippen molar-refractivity contribution in [3.05, 3.63) is 41.3 Å². The monoisotopic (exact) mass is 428 g/mol. The van der Waals surface area contributed by atoms with Crippen molar-refractivity contribution in [1.82, 2.24) is 20.0 Å². The van der Waals surface area contributed by atoms with E-state index in [0.29, 0.717) is 17.1 Å². The summed E-state index contributed by atoms with van der Waals surface area (Å²) in [4.78, 5) is 28.2. The number of rotatable bonds is 6. The van der Waals surface area contributed by atoms with Gasteiger partial charge in [-0.2, -0.15) is 0 Å². The molecule has 3 aromatic rings. The van der Waals surface area contributed by atoms with Crippen molar-refractivity contribution in [2.45, 2.75) is 0 Å². The molecule has 0 saturated carbocycles. The van der Waals surface area contributed by atoms with Gasteiger partial charge in [-0.25, -0.2) is 0 Å². The molecule has 8 nitrogen and oxygen atoms in total. The molecule has 2 N–H and O–H groups in total. The minimum Gasteiger partial charge on any atom is -0.336 e. The Morgan fingerprint density at radius 1 is 1.10 bits per heavy atom. The second kappa shape index (κ2) is 8.68. The first-order valence-electron chi connectivity index (χ1n) is 9.10. The minimum absolute atomic E-state index is 0.0697. The Balaban J connectivity index is 1.39. The van der Waals surface area contributed by atoms with Gasteiger partial charge in [-0.3, -0.25) is 9.59 Å². The maximum Gasteiger partial charge on any atom is 0.253 e. The molecule has 1 fully saturated rings. The molecule has 0 radical (unpaired) electrons. The lowest BCUT2D eigenvalue weighted by molar-refractivity contribution is -0.105. The SMILES string of the molecule is CN1CCN(C(=O)c2ccc(Nc3nnc(-c4cc(NC=O)cs4)s3)cc2)CC1. The highest BCUT2D eigenvalue weighted by Crippen LogP contribution is 2.34. The third-order valence-corrected chi connectivity index (χ3v) is 6.57. The molecule has 2 amide bonds. The molecule has 3 heterocycles. The Bertz CT molecular complexity index is 992. The van der Waals surface area contributed by atoms with E-state index in [1.54, 1.807) is 0 Å². The number of hydrogen-bond acceptors (Lipinski definition) is 8. The van der Waals surface area contributed by atoms with Gasteiger partial charge in [-0.15, -0.1) is 21.5 Å². The van der Waals surface area contributed by atoms with E-state index in [2.05, 4.69) is 32.8 Å². The van der Waals surface area contributed by atoms with Crippen molar-refractivity contribution in [3.63, 3.8) is 0 Å². The molecule has 0 atom stereocenters. The summed E-state index contributed by atoms with van der Waals surface area (Å²) in [6.07, 6.45) is 0.650. The highest BCUT2D eigenvalue weighted by molar-refractivity contribution is 7.23. The molecule has 1 saturated heterocycles. The summed E-state index contributed by atoms with van der Waals surface area (Å²) >= 11 is 2.92. The van der Waals surface area contributed by atoms with Crippen molar-refractivity contribution in [2.75, 3.05) is 43.9 Å². The second-order valence-electron chi connectivity index (χ2n) is 6.67. The number of nitrogens with zero attached hydrogens (tertiary/aromatic N) is 4. The summed E-state index contributed by atoms with van der Waals surface area (Å²) in [5, 5.41) is 17.5. The van der Waals surface area contributed by atoms with Gasteiger partial charge in [0.2, 0.25) is 11.5 Å². The highest BCUT2D eigenvalue weighted by Gasteiger charge is 2.20. The number of hydrogen-bond donors (Lipinski definition) is 2. The number of benzene rings is 1. The number of amides is 2. The largest absolute Gasteiger partial charge is 0.336 e. The fourth-order valence-corrected chi connectivity index (χ4v) is 4.65. The Hall–Kier alpha value is -2.82. The van der Waals surface area contributed by atoms with Crippen molar-refractivity contribution in [1.29, 1.82) is 0 Å². The lowest BCUT2D eigenvalue weighted by Crippen LogP contribution is -2.47. The molecular weight excluding hydrogens is 408 g/mol. The van der Waals surface area contributed by atoms with Gasteiger partial charge >= 0.3 is 0 Å². The highest BCUT2D eigenvalue weighted by atomic mass is 32.1. The van der Waals surface area contributed by atoms with Crippen LogP contribution in [0, 0.1) is 0 Å². The molecule has 1 aromatic carbocycles. The quantitative estimate of drug-likeness (QED) is 0.587. The van der Waals surface area contributed by atoms with E-state index >= 15 is 0 Å². The standard InChI is InChI=1S/C19H20N6O2S2/c1-24-6-8-25(9-7-24)18(27)13-2-4-14(5-3-13)21-19-23-22-17(29-19)16-10-15(11-28-16)20-12-26/h2-5,10-12H,6-9H2,1H3,(H,20,26)(H,21,23). The zero-order valence-corrected chi connectivity index (χ0v) is 17.4. The Morgan fingerprint density at radius 3 is 2.59 bits per heavy atom. The molecule has 2 aromatic heterocycles. The molecule has 0 aliphatic carbocycles. The van der Waals surface area contributed by atoms with Crippen LogP contribution in [0.4, 0.5) is 16.5 Å². The minimum atomic E-state index is 0.0697. The Labute approximate surface area is 176 Å². The molecule has 29 heavy (non-hydrogen) atoms. The first kappa shape index (κ1) is 19.5. The molecule has 150 valence electrons. The summed E-state index contributed by atoms with van der Waals surface area (Å²) in [5.74, 6) is 0.0697. The molecular formula is C19H20N6O2S2. The number of carbonyl (C=O) groups is 2. The van der Waals surface area contributed by atoms with Crippen molar-refractivity contribution < 1.29 is 9.59 Å². The number of likely N-dealkylation sites (N-methyl/N-ethyl adjacent to an activating group) is 1. The molecule has 0 spiro atoms. The second-order valence-corrected chi connectivity index (χ2v) is 8.56. The lowest BCUT2D eigenvalue weighted by Gasteiger charge is -2.32. The van der Waals surface area contributed by atoms with Gasteiger partial charge < -0.3 is 20.4 Å². The van der Waals surface area contributed by atoms with Crippen LogP contribution in [0.25, 0.3) is 9.88 Å². The van der Waals surface area contributed by atoms with Crippen LogP contribution in [0.2, 0.25) is 0 Å². The van der Waals surface area contributed by atoms with Gasteiger partial charge in [0.15, 0.2) is 5.01 Å². The van der Waals surface area contributed by atoms with Crippen molar-refractivity contribution in [3.8, 4) is 9.88 Å². The van der Waals surface area contributed by atoms with Gasteiger partial charge in [0.25, 0.3) is 5.91 Å². The van der Waals surface area contributed by atoms with E-state index in [4.69, 9.17) is 0 Å². The van der Waals surface area contributed by atoms with E-state index < -0.39 is 0 Å². The topological polar surface area (TPSA) is 90.5 Å². The molecule has 0 bridgehead atoms. The zero-order chi connectivity index (χ0) is 20.2. The average molecular weight is 429 g/mol. The van der Waals surface area contributed by atoms with Gasteiger partial charge in [0, 0.05) is 42.8 Å². The number of nitrogens with one attached hydrogen (secondary N) is 2. The van der Waals surface area contributed by atoms with Crippen LogP contribution >= 0.6 is 22.7 Å². The van der Waals surface area contributed by atoms with Crippen LogP contribution in [-0.4, -0.2) is 65.5 Å². The third-order valence-electron chi connectivity index (χ3n) is 4.63. The first-order chi connectivity index (χ1) is 14.1. The van der Waals surface area contributed by atoms with Crippen molar-refractivity contribution in [2.24, 2.45) is 0 Å². The van der Waals surface area contributed by atoms with Crippen LogP contribution in [0.1, 0.15) is 10.4 Å². The van der Waals surface area contributed by atoms with Crippen molar-refractivity contribution >= 4 is 51.5 Å². The van der Waals surface area contributed by atoms with E-state index in [1.807, 2.05) is 40.6 Å². The van der Waals surface area contributed by atoms with Crippen LogP contribution in [0.15, 0.2) is 35.7 Å². The van der Waals surface area contributed by atoms with E-state index in [0.717, 1.165) is 47.4 Å². The van der Waals surface area contributed by atoms with Crippen LogP contribution < -0.4 is 10.6 Å². The number of carbonyl (C=O) groups excluding carboxylic acids is 2. The maximum atomic E-state index is 12.6. The zero-order valence-electron chi connectivity index (χ0n) is 15.8. The first-order valence-corrected chi connectivity index (χ1v) is 10.8. The van der Waals surface area contributed by atoms with Gasteiger partial charge in [-0.1, -0.05) is 11.3 Å². The normalized spacial score (nSPS) is 14.6. The summed E-state index contributed by atoms with van der Waals surface area (Å²) < 4.78 is 0. The van der Waals surface area contributed by atoms with Gasteiger partial charge in [-0.05, 0) is 37.4 Å². The molecule has 10 heteroatoms. The van der Waals surface area contributed by atoms with E-state index in [1.165, 1.54) is 22.7 Å². The Kier molecular flexibility index (Phi) is 5.84. The summed E-state index contributed by atoms with van der Waals surface area (Å²) in [7, 11) is 2.07. The molecule has 1 aliphatic rings. The van der Waals surface area contributed by atoms with Crippen LogP contribution in [0.5, 0.6) is 0 Å². The van der Waals surface area contributed by atoms with E-state index in [9.17, 15) is 9.59 Å². The number of aromatic nitrogens is 2. The van der Waals surface area contributed by atoms with Crippen LogP contribution in [0.3, 0.4) is 0 Å². The molecule has 1 aliphatic heterocycles. The van der Waals surface area contributed by atoms with Crippen LogP contribution in [-0.2, 0) is 4.79 Å². The molecule has 4 rings (SSSR count). The number of piperazine rings is 1. The summed E-state index contributed by atoms with van der Waals surface area (Å²) in [6, 6.07) is 9.29. The summed E-state index contributed by atoms with van der Waals surface area (Å²) in [5.41, 5.74) is 2.27. The fourth-order valence-electron chi connectivity index (χ4n) is 2.98. The molecule has 0 unspecified atom stereocenters. The van der Waals surface area contributed by atoms with E-state index in [-0.39, 0.29) is 5.91 Å².